The van der Waals surface area contributed by atoms with Gasteiger partial charge in [0.2, 0.25) is 0 Å². The van der Waals surface area contributed by atoms with Crippen LogP contribution < -0.4 is 10.5 Å². The Balaban J connectivity index is 2.88. The number of methoxy groups -OCH3 is 1. The van der Waals surface area contributed by atoms with Crippen molar-refractivity contribution in [3.05, 3.63) is 23.4 Å². The third kappa shape index (κ3) is 1.12. The first-order valence-electron chi connectivity index (χ1n) is 3.83. The molecule has 13 heavy (non-hydrogen) atoms. The summed E-state index contributed by atoms with van der Waals surface area (Å²) in [7, 11) is 1.59. The van der Waals surface area contributed by atoms with Gasteiger partial charge >= 0.3 is 0 Å². The van der Waals surface area contributed by atoms with Gasteiger partial charge in [-0.1, -0.05) is 11.6 Å². The van der Waals surface area contributed by atoms with Crippen LogP contribution >= 0.6 is 11.6 Å². The first-order chi connectivity index (χ1) is 6.24. The summed E-state index contributed by atoms with van der Waals surface area (Å²) in [5, 5.41) is 1.52. The van der Waals surface area contributed by atoms with Crippen molar-refractivity contribution < 1.29 is 4.74 Å². The van der Waals surface area contributed by atoms with E-state index < -0.39 is 0 Å². The second kappa shape index (κ2) is 2.85. The molecule has 0 amide bonds. The molecule has 3 nitrogen and oxygen atoms in total. The minimum Gasteiger partial charge on any atom is -0.494 e. The average Bonchev–Trinajstić information content (AvgIpc) is 2.53. The lowest BCUT2D eigenvalue weighted by atomic mass is 10.2. The van der Waals surface area contributed by atoms with Crippen molar-refractivity contribution in [2.45, 2.75) is 0 Å². The average molecular weight is 197 g/mol. The number of hydrogen-bond acceptors (Lipinski definition) is 2. The maximum absolute atomic E-state index is 5.97. The van der Waals surface area contributed by atoms with Crippen LogP contribution in [0.15, 0.2) is 18.3 Å². The van der Waals surface area contributed by atoms with Crippen LogP contribution in [0.2, 0.25) is 5.02 Å². The van der Waals surface area contributed by atoms with Gasteiger partial charge in [-0.25, -0.2) is 0 Å². The van der Waals surface area contributed by atoms with Gasteiger partial charge in [-0.3, -0.25) is 0 Å². The highest BCUT2D eigenvalue weighted by atomic mass is 35.5. The Labute approximate surface area is 80.4 Å². The van der Waals surface area contributed by atoms with Crippen molar-refractivity contribution in [1.82, 2.24) is 4.98 Å². The molecule has 0 bridgehead atoms. The van der Waals surface area contributed by atoms with Crippen molar-refractivity contribution in [3.8, 4) is 5.75 Å². The number of aromatic amines is 1. The van der Waals surface area contributed by atoms with E-state index in [1.807, 2.05) is 6.07 Å². The second-order valence-electron chi connectivity index (χ2n) is 2.75. The van der Waals surface area contributed by atoms with Crippen LogP contribution in [0.4, 0.5) is 5.69 Å². The Kier molecular flexibility index (Phi) is 1.81. The number of anilines is 1. The smallest absolute Gasteiger partial charge is 0.151 e. The molecule has 0 atom stereocenters. The van der Waals surface area contributed by atoms with Crippen molar-refractivity contribution >= 4 is 28.2 Å². The maximum Gasteiger partial charge on any atom is 0.151 e. The van der Waals surface area contributed by atoms with E-state index in [1.165, 1.54) is 0 Å². The highest BCUT2D eigenvalue weighted by Crippen LogP contribution is 2.35. The highest BCUT2D eigenvalue weighted by Gasteiger charge is 2.09. The number of halogens is 1. The largest absolute Gasteiger partial charge is 0.494 e. The number of nitrogen functional groups attached to an aromatic ring is 1. The summed E-state index contributed by atoms with van der Waals surface area (Å²) in [5.74, 6) is 0.667. The number of benzene rings is 1. The third-order valence-electron chi connectivity index (χ3n) is 1.98. The van der Waals surface area contributed by atoms with Gasteiger partial charge in [0.05, 0.1) is 23.3 Å². The topological polar surface area (TPSA) is 51.0 Å². The molecule has 1 heterocycles. The number of rotatable bonds is 1. The lowest BCUT2D eigenvalue weighted by molar-refractivity contribution is 0.422. The number of hydrogen-bond donors (Lipinski definition) is 2. The molecule has 0 saturated heterocycles. The van der Waals surface area contributed by atoms with E-state index in [1.54, 1.807) is 19.4 Å². The molecule has 68 valence electrons. The molecule has 4 heteroatoms. The second-order valence-corrected chi connectivity index (χ2v) is 3.15. The highest BCUT2D eigenvalue weighted by molar-refractivity contribution is 6.35. The summed E-state index contributed by atoms with van der Waals surface area (Å²) in [6, 6.07) is 3.57. The quantitative estimate of drug-likeness (QED) is 0.689. The van der Waals surface area contributed by atoms with E-state index in [0.717, 1.165) is 10.9 Å². The molecular weight excluding hydrogens is 188 g/mol. The van der Waals surface area contributed by atoms with E-state index in [-0.39, 0.29) is 0 Å². The number of ether oxygens (including phenoxy) is 1. The molecule has 0 spiro atoms. The zero-order valence-corrected chi connectivity index (χ0v) is 7.85. The lowest BCUT2D eigenvalue weighted by Gasteiger charge is -2.06. The van der Waals surface area contributed by atoms with Gasteiger partial charge in [-0.2, -0.15) is 0 Å². The summed E-state index contributed by atoms with van der Waals surface area (Å²) >= 11 is 5.97. The first kappa shape index (κ1) is 8.26. The molecule has 0 radical (unpaired) electrons. The molecule has 0 unspecified atom stereocenters. The maximum atomic E-state index is 5.97. The van der Waals surface area contributed by atoms with Crippen LogP contribution in [0.5, 0.6) is 5.75 Å². The van der Waals surface area contributed by atoms with Crippen molar-refractivity contribution in [1.29, 1.82) is 0 Å². The van der Waals surface area contributed by atoms with Crippen LogP contribution in [0.3, 0.4) is 0 Å². The molecular formula is C9H9ClN2O. The Hall–Kier alpha value is -1.35. The fourth-order valence-corrected chi connectivity index (χ4v) is 1.69. The third-order valence-corrected chi connectivity index (χ3v) is 2.28. The molecule has 0 aliphatic carbocycles. The van der Waals surface area contributed by atoms with Crippen LogP contribution in [-0.2, 0) is 0 Å². The normalized spacial score (nSPS) is 10.6. The minimum atomic E-state index is 0.555. The van der Waals surface area contributed by atoms with Gasteiger partial charge in [0, 0.05) is 11.6 Å². The molecule has 3 N–H and O–H groups in total. The molecule has 1 aromatic heterocycles. The Morgan fingerprint density at radius 2 is 2.31 bits per heavy atom. The molecule has 2 rings (SSSR count). The van der Waals surface area contributed by atoms with E-state index >= 15 is 0 Å². The van der Waals surface area contributed by atoms with Gasteiger partial charge in [-0.15, -0.1) is 0 Å². The fraction of sp³-hybridized carbons (Fsp3) is 0.111. The molecule has 0 aliphatic rings. The van der Waals surface area contributed by atoms with Crippen LogP contribution in [0, 0.1) is 0 Å². The predicted molar refractivity (Wildman–Crippen MR) is 54.3 cm³/mol. The lowest BCUT2D eigenvalue weighted by Crippen LogP contribution is -1.92. The minimum absolute atomic E-state index is 0.555. The molecule has 0 fully saturated rings. The summed E-state index contributed by atoms with van der Waals surface area (Å²) < 4.78 is 5.17. The van der Waals surface area contributed by atoms with Gasteiger partial charge in [0.15, 0.2) is 5.75 Å². The van der Waals surface area contributed by atoms with Gasteiger partial charge < -0.3 is 15.5 Å². The van der Waals surface area contributed by atoms with Crippen molar-refractivity contribution in [2.24, 2.45) is 0 Å². The zero-order valence-electron chi connectivity index (χ0n) is 7.10. The zero-order chi connectivity index (χ0) is 9.42. The van der Waals surface area contributed by atoms with E-state index in [0.29, 0.717) is 16.5 Å². The Bertz CT molecular complexity index is 450. The van der Waals surface area contributed by atoms with Crippen LogP contribution in [0.25, 0.3) is 10.9 Å². The Morgan fingerprint density at radius 1 is 1.54 bits per heavy atom. The Morgan fingerprint density at radius 3 is 3.00 bits per heavy atom. The van der Waals surface area contributed by atoms with Gasteiger partial charge in [0.25, 0.3) is 0 Å². The number of nitrogens with two attached hydrogens (primary N) is 1. The standard InChI is InChI=1S/C9H9ClN2O/c1-13-9-5-2-3-12-8(5)6(10)4-7(9)11/h2-4,12H,11H2,1H3. The summed E-state index contributed by atoms with van der Waals surface area (Å²) in [6.07, 6.45) is 1.80. The van der Waals surface area contributed by atoms with Crippen molar-refractivity contribution in [3.63, 3.8) is 0 Å². The predicted octanol–water partition coefficient (Wildman–Crippen LogP) is 2.41. The SMILES string of the molecule is COc1c(N)cc(Cl)c2[nH]ccc12. The van der Waals surface area contributed by atoms with Gasteiger partial charge in [-0.05, 0) is 12.1 Å². The molecule has 2 aromatic rings. The summed E-state index contributed by atoms with van der Waals surface area (Å²) in [4.78, 5) is 3.02. The summed E-state index contributed by atoms with van der Waals surface area (Å²) in [6.45, 7) is 0. The molecule has 0 aliphatic heterocycles. The fourth-order valence-electron chi connectivity index (χ4n) is 1.41. The first-order valence-corrected chi connectivity index (χ1v) is 4.21. The summed E-state index contributed by atoms with van der Waals surface area (Å²) in [5.41, 5.74) is 7.14. The molecule has 0 saturated carbocycles. The molecule has 1 aromatic carbocycles. The van der Waals surface area contributed by atoms with Crippen LogP contribution in [0.1, 0.15) is 0 Å². The van der Waals surface area contributed by atoms with Gasteiger partial charge in [0.1, 0.15) is 0 Å². The van der Waals surface area contributed by atoms with Crippen molar-refractivity contribution in [2.75, 3.05) is 12.8 Å². The monoisotopic (exact) mass is 196 g/mol. The van der Waals surface area contributed by atoms with Crippen LogP contribution in [-0.4, -0.2) is 12.1 Å². The number of nitrogens with one attached hydrogen (secondary N) is 1. The van der Waals surface area contributed by atoms with E-state index in [4.69, 9.17) is 22.1 Å². The number of aromatic nitrogens is 1. The number of fused-ring (bicyclic) bond motifs is 1. The van der Waals surface area contributed by atoms with E-state index in [9.17, 15) is 0 Å². The van der Waals surface area contributed by atoms with E-state index in [2.05, 4.69) is 4.98 Å². The number of H-pyrrole nitrogens is 1.